The molecule has 1 aliphatic rings. The van der Waals surface area contributed by atoms with E-state index < -0.39 is 0 Å². The maximum absolute atomic E-state index is 11.7. The number of ether oxygens (including phenoxy) is 1. The summed E-state index contributed by atoms with van der Waals surface area (Å²) in [5.74, 6) is 0.921. The summed E-state index contributed by atoms with van der Waals surface area (Å²) >= 11 is 5.98. The van der Waals surface area contributed by atoms with Crippen molar-refractivity contribution in [1.82, 2.24) is 0 Å². The summed E-state index contributed by atoms with van der Waals surface area (Å²) in [7, 11) is 1.61. The number of benzene rings is 1. The molecule has 2 nitrogen and oxygen atoms in total. The zero-order valence-electron chi connectivity index (χ0n) is 8.13. The lowest BCUT2D eigenvalue weighted by Crippen LogP contribution is -2.03. The molecule has 0 heterocycles. The van der Waals surface area contributed by atoms with Gasteiger partial charge in [0.15, 0.2) is 5.78 Å². The van der Waals surface area contributed by atoms with E-state index in [0.29, 0.717) is 10.6 Å². The number of hydrogen-bond donors (Lipinski definition) is 0. The number of halogens is 1. The topological polar surface area (TPSA) is 26.3 Å². The third-order valence-electron chi connectivity index (χ3n) is 2.64. The smallest absolute Gasteiger partial charge is 0.167 e. The number of ketones is 1. The second-order valence-electron chi connectivity index (χ2n) is 3.57. The Morgan fingerprint density at radius 2 is 2.21 bits per heavy atom. The van der Waals surface area contributed by atoms with E-state index in [1.807, 2.05) is 13.0 Å². The fraction of sp³-hybridized carbons (Fsp3) is 0.364. The zero-order valence-corrected chi connectivity index (χ0v) is 8.89. The summed E-state index contributed by atoms with van der Waals surface area (Å²) in [5, 5.41) is 0.537. The molecular formula is C11H11ClO2. The van der Waals surface area contributed by atoms with Gasteiger partial charge in [0, 0.05) is 17.0 Å². The first-order valence-electron chi connectivity index (χ1n) is 4.54. The first kappa shape index (κ1) is 9.53. The molecule has 0 saturated carbocycles. The van der Waals surface area contributed by atoms with Crippen molar-refractivity contribution in [3.05, 3.63) is 28.3 Å². The SMILES string of the molecule is COc1ccc(Cl)c2c1CC(C)C2=O. The number of carbonyl (C=O) groups is 1. The van der Waals surface area contributed by atoms with Crippen molar-refractivity contribution >= 4 is 17.4 Å². The summed E-state index contributed by atoms with van der Waals surface area (Å²) in [5.41, 5.74) is 1.61. The number of carbonyl (C=O) groups excluding carboxylic acids is 1. The van der Waals surface area contributed by atoms with Crippen LogP contribution < -0.4 is 4.74 Å². The molecule has 0 fully saturated rings. The molecule has 1 aromatic carbocycles. The van der Waals surface area contributed by atoms with Gasteiger partial charge in [-0.05, 0) is 18.6 Å². The van der Waals surface area contributed by atoms with Crippen LogP contribution in [0, 0.1) is 5.92 Å². The van der Waals surface area contributed by atoms with Crippen LogP contribution in [0.25, 0.3) is 0 Å². The molecule has 74 valence electrons. The van der Waals surface area contributed by atoms with E-state index in [1.165, 1.54) is 0 Å². The van der Waals surface area contributed by atoms with Crippen molar-refractivity contribution in [2.75, 3.05) is 7.11 Å². The Hall–Kier alpha value is -1.02. The van der Waals surface area contributed by atoms with Gasteiger partial charge >= 0.3 is 0 Å². The summed E-state index contributed by atoms with van der Waals surface area (Å²) in [4.78, 5) is 11.7. The average molecular weight is 211 g/mol. The Morgan fingerprint density at radius 1 is 1.50 bits per heavy atom. The first-order chi connectivity index (χ1) is 6.65. The Labute approximate surface area is 87.8 Å². The molecule has 3 heteroatoms. The third kappa shape index (κ3) is 1.22. The summed E-state index contributed by atoms with van der Waals surface area (Å²) in [6.45, 7) is 1.91. The highest BCUT2D eigenvalue weighted by Crippen LogP contribution is 2.37. The van der Waals surface area contributed by atoms with Crippen LogP contribution in [0.4, 0.5) is 0 Å². The molecule has 0 spiro atoms. The second kappa shape index (κ2) is 3.28. The molecule has 0 saturated heterocycles. The third-order valence-corrected chi connectivity index (χ3v) is 2.96. The molecule has 0 N–H and O–H groups in total. The van der Waals surface area contributed by atoms with Crippen LogP contribution in [0.15, 0.2) is 12.1 Å². The van der Waals surface area contributed by atoms with Crippen molar-refractivity contribution < 1.29 is 9.53 Å². The Morgan fingerprint density at radius 3 is 2.86 bits per heavy atom. The minimum absolute atomic E-state index is 0.0267. The van der Waals surface area contributed by atoms with E-state index in [2.05, 4.69) is 0 Å². The van der Waals surface area contributed by atoms with E-state index in [0.717, 1.165) is 17.7 Å². The maximum Gasteiger partial charge on any atom is 0.167 e. The highest BCUT2D eigenvalue weighted by molar-refractivity contribution is 6.34. The highest BCUT2D eigenvalue weighted by atomic mass is 35.5. The predicted molar refractivity (Wildman–Crippen MR) is 55.2 cm³/mol. The van der Waals surface area contributed by atoms with Crippen molar-refractivity contribution in [2.24, 2.45) is 5.92 Å². The molecule has 0 aromatic heterocycles. The molecular weight excluding hydrogens is 200 g/mol. The summed E-state index contributed by atoms with van der Waals surface area (Å²) in [6.07, 6.45) is 0.734. The lowest BCUT2D eigenvalue weighted by molar-refractivity contribution is 0.0946. The molecule has 14 heavy (non-hydrogen) atoms. The van der Waals surface area contributed by atoms with Gasteiger partial charge in [0.2, 0.25) is 0 Å². The van der Waals surface area contributed by atoms with E-state index in [4.69, 9.17) is 16.3 Å². The van der Waals surface area contributed by atoms with Crippen LogP contribution in [-0.4, -0.2) is 12.9 Å². The van der Waals surface area contributed by atoms with Crippen LogP contribution in [0.3, 0.4) is 0 Å². The molecule has 0 radical (unpaired) electrons. The highest BCUT2D eigenvalue weighted by Gasteiger charge is 2.31. The van der Waals surface area contributed by atoms with Crippen LogP contribution in [0.2, 0.25) is 5.02 Å². The van der Waals surface area contributed by atoms with Gasteiger partial charge in [-0.1, -0.05) is 18.5 Å². The minimum Gasteiger partial charge on any atom is -0.496 e. The normalized spacial score (nSPS) is 19.6. The fourth-order valence-corrected chi connectivity index (χ4v) is 2.18. The second-order valence-corrected chi connectivity index (χ2v) is 3.98. The van der Waals surface area contributed by atoms with Gasteiger partial charge in [0.05, 0.1) is 12.1 Å². The lowest BCUT2D eigenvalue weighted by atomic mass is 10.1. The van der Waals surface area contributed by atoms with Crippen molar-refractivity contribution in [1.29, 1.82) is 0 Å². The van der Waals surface area contributed by atoms with Gasteiger partial charge in [-0.25, -0.2) is 0 Å². The van der Waals surface area contributed by atoms with Crippen LogP contribution in [0.1, 0.15) is 22.8 Å². The Bertz CT molecular complexity index is 399. The van der Waals surface area contributed by atoms with Gasteiger partial charge < -0.3 is 4.74 Å². The summed E-state index contributed by atoms with van der Waals surface area (Å²) in [6, 6.07) is 3.53. The van der Waals surface area contributed by atoms with Crippen LogP contribution in [-0.2, 0) is 6.42 Å². The fourth-order valence-electron chi connectivity index (χ4n) is 1.91. The van der Waals surface area contributed by atoms with E-state index in [-0.39, 0.29) is 11.7 Å². The zero-order chi connectivity index (χ0) is 10.3. The van der Waals surface area contributed by atoms with Gasteiger partial charge in [-0.15, -0.1) is 0 Å². The molecule has 1 aliphatic carbocycles. The maximum atomic E-state index is 11.7. The Kier molecular flexibility index (Phi) is 2.23. The summed E-state index contributed by atoms with van der Waals surface area (Å²) < 4.78 is 5.20. The van der Waals surface area contributed by atoms with Gasteiger partial charge in [-0.3, -0.25) is 4.79 Å². The minimum atomic E-state index is 0.0267. The average Bonchev–Trinajstić information content (AvgIpc) is 2.45. The Balaban J connectivity index is 2.64. The lowest BCUT2D eigenvalue weighted by Gasteiger charge is -2.06. The predicted octanol–water partition coefficient (Wildman–Crippen LogP) is 2.72. The monoisotopic (exact) mass is 210 g/mol. The van der Waals surface area contributed by atoms with Gasteiger partial charge in [0.1, 0.15) is 5.75 Å². The van der Waals surface area contributed by atoms with Gasteiger partial charge in [-0.2, -0.15) is 0 Å². The molecule has 1 atom stereocenters. The standard InChI is InChI=1S/C11H11ClO2/c1-6-5-7-9(14-2)4-3-8(12)10(7)11(6)13/h3-4,6H,5H2,1-2H3. The van der Waals surface area contributed by atoms with Crippen molar-refractivity contribution in [2.45, 2.75) is 13.3 Å². The number of rotatable bonds is 1. The van der Waals surface area contributed by atoms with Crippen molar-refractivity contribution in [3.63, 3.8) is 0 Å². The molecule has 2 rings (SSSR count). The van der Waals surface area contributed by atoms with Crippen LogP contribution in [0.5, 0.6) is 5.75 Å². The molecule has 1 aromatic rings. The van der Waals surface area contributed by atoms with E-state index in [1.54, 1.807) is 13.2 Å². The first-order valence-corrected chi connectivity index (χ1v) is 4.92. The molecule has 0 amide bonds. The number of methoxy groups -OCH3 is 1. The van der Waals surface area contributed by atoms with Crippen molar-refractivity contribution in [3.8, 4) is 5.75 Å². The quantitative estimate of drug-likeness (QED) is 0.713. The molecule has 0 aliphatic heterocycles. The van der Waals surface area contributed by atoms with Gasteiger partial charge in [0.25, 0.3) is 0 Å². The molecule has 1 unspecified atom stereocenters. The molecule has 0 bridgehead atoms. The van der Waals surface area contributed by atoms with E-state index in [9.17, 15) is 4.79 Å². The number of fused-ring (bicyclic) bond motifs is 1. The largest absolute Gasteiger partial charge is 0.496 e. The number of hydrogen-bond acceptors (Lipinski definition) is 2. The van der Waals surface area contributed by atoms with Crippen LogP contribution >= 0.6 is 11.6 Å². The van der Waals surface area contributed by atoms with E-state index >= 15 is 0 Å². The number of Topliss-reactive ketones (excluding diaryl/α,β-unsaturated/α-hetero) is 1.